The van der Waals surface area contributed by atoms with Crippen molar-refractivity contribution in [2.75, 3.05) is 0 Å². The van der Waals surface area contributed by atoms with E-state index < -0.39 is 5.41 Å². The van der Waals surface area contributed by atoms with Crippen LogP contribution in [-0.4, -0.2) is 15.0 Å². The van der Waals surface area contributed by atoms with Crippen LogP contribution in [0.3, 0.4) is 0 Å². The van der Waals surface area contributed by atoms with Gasteiger partial charge in [-0.15, -0.1) is 0 Å². The molecule has 0 saturated heterocycles. The van der Waals surface area contributed by atoms with Crippen molar-refractivity contribution >= 4 is 10.9 Å². The van der Waals surface area contributed by atoms with Gasteiger partial charge in [-0.2, -0.15) is 0 Å². The Morgan fingerprint density at radius 1 is 0.389 bits per heavy atom. The van der Waals surface area contributed by atoms with Crippen molar-refractivity contribution in [2.45, 2.75) is 5.41 Å². The van der Waals surface area contributed by atoms with E-state index in [1.165, 1.54) is 22.3 Å². The molecular weight excluding hydrogens is 659 g/mol. The number of benzene rings is 7. The number of rotatable bonds is 4. The highest BCUT2D eigenvalue weighted by Gasteiger charge is 2.51. The molecule has 2 aliphatic rings. The Kier molecular flexibility index (Phi) is 6.73. The second-order valence-corrected chi connectivity index (χ2v) is 13.9. The minimum absolute atomic E-state index is 0.588. The second kappa shape index (κ2) is 11.9. The summed E-state index contributed by atoms with van der Waals surface area (Å²) >= 11 is 0. The van der Waals surface area contributed by atoms with E-state index in [0.29, 0.717) is 5.82 Å². The summed E-state index contributed by atoms with van der Waals surface area (Å²) in [5.41, 5.74) is 14.5. The second-order valence-electron chi connectivity index (χ2n) is 13.9. The van der Waals surface area contributed by atoms with Crippen molar-refractivity contribution in [2.24, 2.45) is 0 Å². The van der Waals surface area contributed by atoms with E-state index in [4.69, 9.17) is 14.7 Å². The van der Waals surface area contributed by atoms with Crippen LogP contribution in [0.25, 0.3) is 67.1 Å². The fraction of sp³-hybridized carbons (Fsp3) is 0.0200. The van der Waals surface area contributed by atoms with Crippen molar-refractivity contribution < 1.29 is 4.74 Å². The SMILES string of the molecule is c1ccc(-c2cc(-c3ccccc3)nc(-c3ccc4c(c3)Oc3cc(-c5cccc6ncccc56)ccc3C43c4ccccc4-c4ccccc43)n2)cc1. The van der Waals surface area contributed by atoms with Gasteiger partial charge in [0.1, 0.15) is 11.5 Å². The van der Waals surface area contributed by atoms with Gasteiger partial charge in [0.15, 0.2) is 5.82 Å². The number of hydrogen-bond acceptors (Lipinski definition) is 4. The monoisotopic (exact) mass is 689 g/mol. The number of fused-ring (bicyclic) bond motifs is 10. The standard InChI is InChI=1S/C50H31N3O/c1-3-13-32(14-4-1)45-31-46(33-15-5-2-6-16-33)53-49(52-45)35-25-27-43-48(30-35)54-47-29-34(36-19-11-23-44-39(36)20-12-28-51-44)24-26-42(47)50(43)40-21-9-7-17-37(40)38-18-8-10-22-41(38)50/h1-31H. The average Bonchev–Trinajstić information content (AvgIpc) is 3.54. The molecule has 4 heteroatoms. The van der Waals surface area contributed by atoms with Gasteiger partial charge in [0.05, 0.1) is 22.3 Å². The van der Waals surface area contributed by atoms with Crippen LogP contribution in [0.2, 0.25) is 0 Å². The smallest absolute Gasteiger partial charge is 0.160 e. The summed E-state index contributed by atoms with van der Waals surface area (Å²) in [6.45, 7) is 0. The molecule has 0 bridgehead atoms. The topological polar surface area (TPSA) is 47.9 Å². The first-order chi connectivity index (χ1) is 26.8. The highest BCUT2D eigenvalue weighted by atomic mass is 16.5. The molecule has 9 aromatic rings. The molecule has 0 radical (unpaired) electrons. The summed E-state index contributed by atoms with van der Waals surface area (Å²) in [6, 6.07) is 64.0. The van der Waals surface area contributed by atoms with Gasteiger partial charge in [0.2, 0.25) is 0 Å². The van der Waals surface area contributed by atoms with Crippen molar-refractivity contribution in [1.29, 1.82) is 0 Å². The van der Waals surface area contributed by atoms with Crippen LogP contribution in [0.15, 0.2) is 188 Å². The van der Waals surface area contributed by atoms with Crippen LogP contribution in [0.5, 0.6) is 11.5 Å². The lowest BCUT2D eigenvalue weighted by Crippen LogP contribution is -2.32. The molecule has 1 spiro atoms. The normalized spacial score (nSPS) is 13.1. The maximum Gasteiger partial charge on any atom is 0.160 e. The van der Waals surface area contributed by atoms with Gasteiger partial charge in [0, 0.05) is 39.4 Å². The first-order valence-corrected chi connectivity index (χ1v) is 18.3. The summed E-state index contributed by atoms with van der Waals surface area (Å²) in [4.78, 5) is 15.0. The lowest BCUT2D eigenvalue weighted by molar-refractivity contribution is 0.437. The van der Waals surface area contributed by atoms with E-state index in [9.17, 15) is 0 Å². The Labute approximate surface area is 313 Å². The van der Waals surface area contributed by atoms with Gasteiger partial charge in [-0.25, -0.2) is 9.97 Å². The lowest BCUT2D eigenvalue weighted by atomic mass is 9.66. The zero-order valence-electron chi connectivity index (χ0n) is 29.1. The van der Waals surface area contributed by atoms with Crippen LogP contribution in [0, 0.1) is 0 Å². The fourth-order valence-electron chi connectivity index (χ4n) is 8.66. The van der Waals surface area contributed by atoms with E-state index in [1.54, 1.807) is 0 Å². The lowest BCUT2D eigenvalue weighted by Gasteiger charge is -2.39. The zero-order chi connectivity index (χ0) is 35.6. The summed E-state index contributed by atoms with van der Waals surface area (Å²) in [5.74, 6) is 2.26. The number of aromatic nitrogens is 3. The number of pyridine rings is 1. The van der Waals surface area contributed by atoms with E-state index >= 15 is 0 Å². The minimum atomic E-state index is -0.588. The van der Waals surface area contributed by atoms with Crippen molar-refractivity contribution in [1.82, 2.24) is 15.0 Å². The van der Waals surface area contributed by atoms with Crippen molar-refractivity contribution in [3.63, 3.8) is 0 Å². The molecule has 7 aromatic carbocycles. The number of nitrogens with zero attached hydrogens (tertiary/aromatic N) is 3. The predicted molar refractivity (Wildman–Crippen MR) is 216 cm³/mol. The minimum Gasteiger partial charge on any atom is -0.457 e. The van der Waals surface area contributed by atoms with Gasteiger partial charge in [-0.3, -0.25) is 4.98 Å². The van der Waals surface area contributed by atoms with Crippen molar-refractivity contribution in [3.8, 4) is 67.7 Å². The van der Waals surface area contributed by atoms with Crippen LogP contribution < -0.4 is 4.74 Å². The number of hydrogen-bond donors (Lipinski definition) is 0. The molecule has 1 aliphatic heterocycles. The summed E-state index contributed by atoms with van der Waals surface area (Å²) in [7, 11) is 0. The third kappa shape index (κ3) is 4.53. The molecule has 252 valence electrons. The van der Waals surface area contributed by atoms with Crippen LogP contribution in [-0.2, 0) is 5.41 Å². The van der Waals surface area contributed by atoms with E-state index in [0.717, 1.165) is 72.7 Å². The van der Waals surface area contributed by atoms with E-state index in [-0.39, 0.29) is 0 Å². The molecule has 54 heavy (non-hydrogen) atoms. The average molecular weight is 690 g/mol. The first kappa shape index (κ1) is 30.5. The molecule has 0 amide bonds. The molecular formula is C50H31N3O. The molecule has 0 N–H and O–H groups in total. The molecule has 3 heterocycles. The zero-order valence-corrected chi connectivity index (χ0v) is 29.1. The van der Waals surface area contributed by atoms with Crippen LogP contribution in [0.1, 0.15) is 22.3 Å². The summed E-state index contributed by atoms with van der Waals surface area (Å²) in [5, 5.41) is 1.11. The van der Waals surface area contributed by atoms with Crippen LogP contribution >= 0.6 is 0 Å². The third-order valence-corrected chi connectivity index (χ3v) is 11.0. The molecule has 0 atom stereocenters. The van der Waals surface area contributed by atoms with Crippen molar-refractivity contribution in [3.05, 3.63) is 210 Å². The van der Waals surface area contributed by atoms with Gasteiger partial charge < -0.3 is 4.74 Å². The summed E-state index contributed by atoms with van der Waals surface area (Å²) in [6.07, 6.45) is 1.84. The highest BCUT2D eigenvalue weighted by Crippen LogP contribution is 2.62. The third-order valence-electron chi connectivity index (χ3n) is 11.0. The Balaban J connectivity index is 1.15. The van der Waals surface area contributed by atoms with Gasteiger partial charge >= 0.3 is 0 Å². The predicted octanol–water partition coefficient (Wildman–Crippen LogP) is 12.2. The molecule has 1 aliphatic carbocycles. The molecule has 11 rings (SSSR count). The van der Waals surface area contributed by atoms with Gasteiger partial charge in [-0.05, 0) is 63.7 Å². The Bertz CT molecular complexity index is 2810. The fourth-order valence-corrected chi connectivity index (χ4v) is 8.66. The number of ether oxygens (including phenoxy) is 1. The molecule has 2 aromatic heterocycles. The van der Waals surface area contributed by atoms with Crippen LogP contribution in [0.4, 0.5) is 0 Å². The largest absolute Gasteiger partial charge is 0.457 e. The molecule has 0 unspecified atom stereocenters. The Morgan fingerprint density at radius 3 is 1.59 bits per heavy atom. The molecule has 4 nitrogen and oxygen atoms in total. The first-order valence-electron chi connectivity index (χ1n) is 18.3. The highest BCUT2D eigenvalue weighted by molar-refractivity contribution is 5.96. The molecule has 0 saturated carbocycles. The van der Waals surface area contributed by atoms with Gasteiger partial charge in [-0.1, -0.05) is 152 Å². The quantitative estimate of drug-likeness (QED) is 0.185. The van der Waals surface area contributed by atoms with Gasteiger partial charge in [0.25, 0.3) is 0 Å². The summed E-state index contributed by atoms with van der Waals surface area (Å²) < 4.78 is 7.09. The molecule has 0 fully saturated rings. The Morgan fingerprint density at radius 2 is 0.944 bits per heavy atom. The van der Waals surface area contributed by atoms with E-state index in [2.05, 4.69) is 145 Å². The van der Waals surface area contributed by atoms with E-state index in [1.807, 2.05) is 48.7 Å². The maximum absolute atomic E-state index is 7.09. The maximum atomic E-state index is 7.09. The Hall–Kier alpha value is -7.17.